The highest BCUT2D eigenvalue weighted by atomic mass is 16.4. The normalized spacial score (nSPS) is 26.7. The predicted molar refractivity (Wildman–Crippen MR) is 111 cm³/mol. The van der Waals surface area contributed by atoms with E-state index in [4.69, 9.17) is 0 Å². The number of amides is 1. The Bertz CT molecular complexity index is 605. The second-order valence-electron chi connectivity index (χ2n) is 8.87. The highest BCUT2D eigenvalue weighted by Gasteiger charge is 2.44. The summed E-state index contributed by atoms with van der Waals surface area (Å²) < 4.78 is 0. The van der Waals surface area contributed by atoms with Crippen LogP contribution >= 0.6 is 0 Å². The molecule has 0 heterocycles. The quantitative estimate of drug-likeness (QED) is 0.448. The van der Waals surface area contributed by atoms with Crippen LogP contribution in [0.3, 0.4) is 0 Å². The number of carbonyl (C=O) groups excluding carboxylic acids is 1. The molecule has 152 valence electrons. The fourth-order valence-electron chi connectivity index (χ4n) is 4.52. The molecule has 1 saturated carbocycles. The zero-order valence-electron chi connectivity index (χ0n) is 17.8. The summed E-state index contributed by atoms with van der Waals surface area (Å²) in [6.45, 7) is 19.9. The lowest BCUT2D eigenvalue weighted by atomic mass is 9.63. The van der Waals surface area contributed by atoms with Crippen molar-refractivity contribution in [2.75, 3.05) is 0 Å². The molecule has 1 amide bonds. The van der Waals surface area contributed by atoms with E-state index in [1.807, 2.05) is 0 Å². The number of hydrogen-bond donors (Lipinski definition) is 2. The molecule has 0 aromatic rings. The van der Waals surface area contributed by atoms with E-state index in [9.17, 15) is 14.7 Å². The number of aliphatic carboxylic acids is 1. The summed E-state index contributed by atoms with van der Waals surface area (Å²) in [6.07, 6.45) is 6.67. The van der Waals surface area contributed by atoms with Crippen molar-refractivity contribution in [3.8, 4) is 0 Å². The third kappa shape index (κ3) is 5.33. The Morgan fingerprint density at radius 2 is 1.78 bits per heavy atom. The minimum Gasteiger partial charge on any atom is -0.481 e. The molecule has 1 aliphatic carbocycles. The molecular weight excluding hydrogens is 338 g/mol. The van der Waals surface area contributed by atoms with Crippen LogP contribution in [0.4, 0.5) is 0 Å². The highest BCUT2D eigenvalue weighted by molar-refractivity contribution is 5.96. The van der Waals surface area contributed by atoms with Crippen molar-refractivity contribution in [3.63, 3.8) is 0 Å². The first-order chi connectivity index (χ1) is 12.5. The molecule has 0 radical (unpaired) electrons. The second-order valence-corrected chi connectivity index (χ2v) is 8.87. The number of carboxylic acids is 1. The largest absolute Gasteiger partial charge is 0.481 e. The maximum absolute atomic E-state index is 12.4. The lowest BCUT2D eigenvalue weighted by Gasteiger charge is -2.42. The first-order valence-corrected chi connectivity index (χ1v) is 9.96. The van der Waals surface area contributed by atoms with Crippen LogP contribution in [0.15, 0.2) is 37.0 Å². The van der Waals surface area contributed by atoms with E-state index < -0.39 is 11.9 Å². The zero-order valence-corrected chi connectivity index (χ0v) is 17.8. The monoisotopic (exact) mass is 375 g/mol. The van der Waals surface area contributed by atoms with Crippen LogP contribution in [-0.2, 0) is 9.59 Å². The van der Waals surface area contributed by atoms with E-state index in [0.29, 0.717) is 23.3 Å². The van der Waals surface area contributed by atoms with Gasteiger partial charge in [-0.15, -0.1) is 0 Å². The molecule has 4 nitrogen and oxygen atoms in total. The van der Waals surface area contributed by atoms with Gasteiger partial charge in [0.1, 0.15) is 0 Å². The van der Waals surface area contributed by atoms with Gasteiger partial charge in [-0.05, 0) is 41.9 Å². The van der Waals surface area contributed by atoms with Gasteiger partial charge in [-0.3, -0.25) is 9.59 Å². The first-order valence-electron chi connectivity index (χ1n) is 9.96. The number of allylic oxidation sites excluding steroid dienone is 2. The first kappa shape index (κ1) is 23.2. The molecule has 0 bridgehead atoms. The van der Waals surface area contributed by atoms with Gasteiger partial charge in [0.15, 0.2) is 0 Å². The topological polar surface area (TPSA) is 66.4 Å². The Balaban J connectivity index is 2.83. The van der Waals surface area contributed by atoms with E-state index in [0.717, 1.165) is 12.8 Å². The molecule has 0 aliphatic heterocycles. The lowest BCUT2D eigenvalue weighted by molar-refractivity contribution is -0.147. The summed E-state index contributed by atoms with van der Waals surface area (Å²) in [6, 6.07) is 0.139. The third-order valence-corrected chi connectivity index (χ3v) is 7.18. The summed E-state index contributed by atoms with van der Waals surface area (Å²) in [4.78, 5) is 23.9. The number of rotatable bonds is 9. The average molecular weight is 376 g/mol. The van der Waals surface area contributed by atoms with Crippen molar-refractivity contribution in [3.05, 3.63) is 37.0 Å². The molecule has 1 aliphatic rings. The minimum atomic E-state index is -0.741. The molecule has 27 heavy (non-hydrogen) atoms. The summed E-state index contributed by atoms with van der Waals surface area (Å²) in [7, 11) is 0. The van der Waals surface area contributed by atoms with Crippen LogP contribution in [0, 0.1) is 35.0 Å². The molecule has 2 N–H and O–H groups in total. The Morgan fingerprint density at radius 3 is 2.26 bits per heavy atom. The highest BCUT2D eigenvalue weighted by Crippen LogP contribution is 2.47. The average Bonchev–Trinajstić information content (AvgIpc) is 2.97. The van der Waals surface area contributed by atoms with Gasteiger partial charge in [-0.1, -0.05) is 72.9 Å². The summed E-state index contributed by atoms with van der Waals surface area (Å²) >= 11 is 0. The van der Waals surface area contributed by atoms with Gasteiger partial charge in [0.05, 0.1) is 5.92 Å². The van der Waals surface area contributed by atoms with Crippen LogP contribution in [0.1, 0.15) is 54.4 Å². The number of hydrogen-bond acceptors (Lipinski definition) is 2. The molecule has 0 saturated heterocycles. The summed E-state index contributed by atoms with van der Waals surface area (Å²) in [5.41, 5.74) is 0.230. The van der Waals surface area contributed by atoms with Crippen molar-refractivity contribution in [1.82, 2.24) is 5.32 Å². The zero-order chi connectivity index (χ0) is 20.9. The van der Waals surface area contributed by atoms with Crippen LogP contribution in [-0.4, -0.2) is 23.0 Å². The van der Waals surface area contributed by atoms with E-state index in [2.05, 4.69) is 53.1 Å². The van der Waals surface area contributed by atoms with Gasteiger partial charge < -0.3 is 10.4 Å². The van der Waals surface area contributed by atoms with Gasteiger partial charge in [-0.25, -0.2) is 0 Å². The fourth-order valence-corrected chi connectivity index (χ4v) is 4.52. The molecule has 1 rings (SSSR count). The van der Waals surface area contributed by atoms with Crippen LogP contribution in [0.2, 0.25) is 0 Å². The number of carboxylic acid groups (broad SMARTS) is 1. The van der Waals surface area contributed by atoms with Crippen molar-refractivity contribution in [2.45, 2.75) is 60.4 Å². The van der Waals surface area contributed by atoms with Crippen molar-refractivity contribution in [1.29, 1.82) is 0 Å². The second kappa shape index (κ2) is 9.38. The summed E-state index contributed by atoms with van der Waals surface area (Å²) in [5.74, 6) is 0.329. The minimum absolute atomic E-state index is 0.108. The van der Waals surface area contributed by atoms with Gasteiger partial charge in [0, 0.05) is 11.6 Å². The van der Waals surface area contributed by atoms with E-state index in [1.165, 1.54) is 0 Å². The Morgan fingerprint density at radius 1 is 1.19 bits per heavy atom. The SMILES string of the molecule is C=C/C=C(\C=C)C(=O)NC1CC(C)C(C(C)[C@@H](C)C(C)(C)C(C)C(=O)O)C1. The van der Waals surface area contributed by atoms with E-state index >= 15 is 0 Å². The van der Waals surface area contributed by atoms with Crippen molar-refractivity contribution < 1.29 is 14.7 Å². The van der Waals surface area contributed by atoms with Crippen LogP contribution < -0.4 is 5.32 Å². The Kier molecular flexibility index (Phi) is 8.06. The molecular formula is C23H37NO3. The van der Waals surface area contributed by atoms with E-state index in [1.54, 1.807) is 25.2 Å². The van der Waals surface area contributed by atoms with Crippen LogP contribution in [0.25, 0.3) is 0 Å². The van der Waals surface area contributed by atoms with Gasteiger partial charge in [0.2, 0.25) is 0 Å². The predicted octanol–water partition coefficient (Wildman–Crippen LogP) is 4.83. The maximum Gasteiger partial charge on any atom is 0.306 e. The molecule has 0 spiro atoms. The molecule has 6 atom stereocenters. The smallest absolute Gasteiger partial charge is 0.306 e. The van der Waals surface area contributed by atoms with E-state index in [-0.39, 0.29) is 23.3 Å². The number of carbonyl (C=O) groups is 2. The molecule has 0 aromatic heterocycles. The van der Waals surface area contributed by atoms with Crippen molar-refractivity contribution in [2.24, 2.45) is 35.0 Å². The fraction of sp³-hybridized carbons (Fsp3) is 0.652. The molecule has 0 aromatic carbocycles. The third-order valence-electron chi connectivity index (χ3n) is 7.18. The standard InChI is InChI=1S/C23H37NO3/c1-9-11-18(10-2)21(25)24-19-12-14(3)20(13-19)15(4)16(5)23(7,8)17(6)22(26)27/h9-11,14-17,19-20H,1-2,12-13H2,3-8H3,(H,24,25)(H,26,27)/b18-11+/t14?,15?,16-,17?,19?,20?/m1/s1. The summed E-state index contributed by atoms with van der Waals surface area (Å²) in [5, 5.41) is 12.6. The Labute approximate surface area is 164 Å². The molecule has 5 unspecified atom stereocenters. The molecule has 4 heteroatoms. The van der Waals surface area contributed by atoms with Gasteiger partial charge in [0.25, 0.3) is 5.91 Å². The number of nitrogens with one attached hydrogen (secondary N) is 1. The van der Waals surface area contributed by atoms with Gasteiger partial charge in [-0.2, -0.15) is 0 Å². The van der Waals surface area contributed by atoms with Crippen LogP contribution in [0.5, 0.6) is 0 Å². The lowest BCUT2D eigenvalue weighted by Crippen LogP contribution is -2.40. The Hall–Kier alpha value is -1.84. The van der Waals surface area contributed by atoms with Crippen molar-refractivity contribution >= 4 is 11.9 Å². The maximum atomic E-state index is 12.4. The molecule has 1 fully saturated rings. The van der Waals surface area contributed by atoms with Gasteiger partial charge >= 0.3 is 5.97 Å².